The minimum Gasteiger partial charge on any atom is -0.378 e. The molecule has 7 rings (SSSR count). The Labute approximate surface area is 242 Å². The van der Waals surface area contributed by atoms with Crippen LogP contribution < -0.4 is 16.1 Å². The number of aromatic nitrogens is 6. The molecule has 10 nitrogen and oxygen atoms in total. The molecule has 0 unspecified atom stereocenters. The van der Waals surface area contributed by atoms with Gasteiger partial charge in [0.15, 0.2) is 5.69 Å². The van der Waals surface area contributed by atoms with Crippen LogP contribution in [0, 0.1) is 0 Å². The lowest BCUT2D eigenvalue weighted by Crippen LogP contribution is -2.37. The van der Waals surface area contributed by atoms with Crippen LogP contribution in [0.4, 0.5) is 5.69 Å². The Morgan fingerprint density at radius 3 is 2.56 bits per heavy atom. The highest BCUT2D eigenvalue weighted by Crippen LogP contribution is 2.31. The molecule has 0 bridgehead atoms. The van der Waals surface area contributed by atoms with Crippen molar-refractivity contribution in [2.75, 3.05) is 31.2 Å². The number of nitrogens with zero attached hydrogens (tertiary/aromatic N) is 6. The van der Waals surface area contributed by atoms with Crippen LogP contribution in [0.3, 0.4) is 0 Å². The summed E-state index contributed by atoms with van der Waals surface area (Å²) < 4.78 is 8.00. The predicted molar refractivity (Wildman–Crippen MR) is 159 cm³/mol. The Morgan fingerprint density at radius 1 is 0.902 bits per heavy atom. The van der Waals surface area contributed by atoms with Gasteiger partial charge in [-0.15, -0.1) is 5.10 Å². The average molecular weight is 586 g/mol. The molecule has 0 atom stereocenters. The van der Waals surface area contributed by atoms with E-state index < -0.39 is 11.2 Å². The van der Waals surface area contributed by atoms with Crippen molar-refractivity contribution in [2.45, 2.75) is 0 Å². The van der Waals surface area contributed by atoms with E-state index in [4.69, 9.17) is 27.9 Å². The molecule has 1 N–H and O–H groups in total. The van der Waals surface area contributed by atoms with Gasteiger partial charge in [0.05, 0.1) is 46.4 Å². The Balaban J connectivity index is 1.50. The van der Waals surface area contributed by atoms with Crippen LogP contribution in [0.1, 0.15) is 0 Å². The number of halogens is 2. The predicted octanol–water partition coefficient (Wildman–Crippen LogP) is 4.62. The van der Waals surface area contributed by atoms with E-state index in [9.17, 15) is 9.59 Å². The van der Waals surface area contributed by atoms with E-state index in [2.05, 4.69) is 25.2 Å². The lowest BCUT2D eigenvalue weighted by atomic mass is 10.1. The highest BCUT2D eigenvalue weighted by Gasteiger charge is 2.23. The zero-order valence-corrected chi connectivity index (χ0v) is 22.9. The van der Waals surface area contributed by atoms with Crippen LogP contribution in [0.5, 0.6) is 0 Å². The van der Waals surface area contributed by atoms with Gasteiger partial charge < -0.3 is 14.6 Å². The molecular formula is C29H21Cl2N7O3. The number of nitrogens with one attached hydrogen (secondary N) is 1. The number of hydrogen-bond donors (Lipinski definition) is 1. The van der Waals surface area contributed by atoms with Crippen molar-refractivity contribution in [3.8, 4) is 22.6 Å². The van der Waals surface area contributed by atoms with E-state index in [1.807, 2.05) is 42.5 Å². The first kappa shape index (κ1) is 25.5. The van der Waals surface area contributed by atoms with Gasteiger partial charge in [-0.3, -0.25) is 9.78 Å². The number of anilines is 1. The summed E-state index contributed by atoms with van der Waals surface area (Å²) in [6, 6.07) is 18.1. The third-order valence-corrected chi connectivity index (χ3v) is 7.93. The van der Waals surface area contributed by atoms with E-state index in [0.29, 0.717) is 45.9 Å². The number of morpholine rings is 1. The third kappa shape index (κ3) is 4.37. The Hall–Kier alpha value is -4.51. The number of hydrogen-bond acceptors (Lipinski definition) is 7. The second kappa shape index (κ2) is 10.2. The summed E-state index contributed by atoms with van der Waals surface area (Å²) in [7, 11) is 0. The van der Waals surface area contributed by atoms with Crippen LogP contribution in [0.15, 0.2) is 82.6 Å². The van der Waals surface area contributed by atoms with Gasteiger partial charge in [0.1, 0.15) is 5.52 Å². The van der Waals surface area contributed by atoms with Crippen molar-refractivity contribution in [3.05, 3.63) is 104 Å². The molecule has 1 saturated heterocycles. The monoisotopic (exact) mass is 585 g/mol. The molecule has 0 radical (unpaired) electrons. The smallest absolute Gasteiger partial charge is 0.333 e. The first-order valence-corrected chi connectivity index (χ1v) is 13.6. The number of benzene rings is 3. The molecule has 0 aliphatic carbocycles. The zero-order valence-electron chi connectivity index (χ0n) is 21.4. The zero-order chi connectivity index (χ0) is 28.1. The highest BCUT2D eigenvalue weighted by atomic mass is 35.5. The van der Waals surface area contributed by atoms with Gasteiger partial charge in [0, 0.05) is 41.3 Å². The number of aromatic amines is 1. The molecule has 1 aliphatic heterocycles. The van der Waals surface area contributed by atoms with Crippen LogP contribution in [-0.4, -0.2) is 55.8 Å². The van der Waals surface area contributed by atoms with Gasteiger partial charge in [-0.05, 0) is 30.3 Å². The molecule has 12 heteroatoms. The SMILES string of the molecule is O=c1[nH]c(-c2ccc(Cl)c(Cl)c2)c(-n2nnc3cc(N4CCOCC4)ccc32)c(=O)n1-c1cncc2ccccc12. The average Bonchev–Trinajstić information content (AvgIpc) is 3.42. The van der Waals surface area contributed by atoms with Crippen LogP contribution in [-0.2, 0) is 4.74 Å². The summed E-state index contributed by atoms with van der Waals surface area (Å²) in [6.45, 7) is 2.84. The summed E-state index contributed by atoms with van der Waals surface area (Å²) in [5.74, 6) is 0. The minimum atomic E-state index is -0.642. The Morgan fingerprint density at radius 2 is 1.73 bits per heavy atom. The first-order valence-electron chi connectivity index (χ1n) is 12.9. The molecular weight excluding hydrogens is 565 g/mol. The summed E-state index contributed by atoms with van der Waals surface area (Å²) in [6.07, 6.45) is 3.18. The molecule has 1 fully saturated rings. The molecule has 6 aromatic rings. The highest BCUT2D eigenvalue weighted by molar-refractivity contribution is 6.42. The van der Waals surface area contributed by atoms with Crippen molar-refractivity contribution >= 4 is 50.7 Å². The fourth-order valence-electron chi connectivity index (χ4n) is 5.18. The van der Waals surface area contributed by atoms with Gasteiger partial charge in [0.25, 0.3) is 5.56 Å². The first-order chi connectivity index (χ1) is 20.0. The molecule has 204 valence electrons. The van der Waals surface area contributed by atoms with Gasteiger partial charge in [-0.25, -0.2) is 14.0 Å². The molecule has 3 aromatic heterocycles. The Bertz CT molecular complexity index is 2070. The minimum absolute atomic E-state index is 0.0949. The second-order valence-corrected chi connectivity index (χ2v) is 10.4. The van der Waals surface area contributed by atoms with E-state index in [1.165, 1.54) is 10.9 Å². The van der Waals surface area contributed by atoms with Crippen LogP contribution in [0.25, 0.3) is 44.4 Å². The molecule has 4 heterocycles. The molecule has 41 heavy (non-hydrogen) atoms. The lowest BCUT2D eigenvalue weighted by molar-refractivity contribution is 0.122. The fraction of sp³-hybridized carbons (Fsp3) is 0.138. The van der Waals surface area contributed by atoms with Crippen LogP contribution >= 0.6 is 23.2 Å². The number of H-pyrrole nitrogens is 1. The largest absolute Gasteiger partial charge is 0.378 e. The lowest BCUT2D eigenvalue weighted by Gasteiger charge is -2.28. The van der Waals surface area contributed by atoms with E-state index in [-0.39, 0.29) is 16.4 Å². The summed E-state index contributed by atoms with van der Waals surface area (Å²) >= 11 is 12.5. The van der Waals surface area contributed by atoms with Crippen molar-refractivity contribution in [1.82, 2.24) is 29.5 Å². The number of pyridine rings is 1. The van der Waals surface area contributed by atoms with Crippen molar-refractivity contribution in [1.29, 1.82) is 0 Å². The standard InChI is InChI=1S/C29H21Cl2N7O3/c30-21-7-5-17(13-22(21)31)26-27(38-24-8-6-19(14-23(24)34-35-38)36-9-11-41-12-10-36)28(39)37(29(40)33-26)25-16-32-15-18-3-1-2-4-20(18)25/h1-8,13-16H,9-12H2,(H,33,40). The van der Waals surface area contributed by atoms with Gasteiger partial charge in [-0.2, -0.15) is 0 Å². The quantitative estimate of drug-likeness (QED) is 0.321. The van der Waals surface area contributed by atoms with Gasteiger partial charge >= 0.3 is 5.69 Å². The maximum Gasteiger partial charge on any atom is 0.333 e. The summed E-state index contributed by atoms with van der Waals surface area (Å²) in [4.78, 5) is 37.4. The third-order valence-electron chi connectivity index (χ3n) is 7.19. The molecule has 3 aromatic carbocycles. The molecule has 0 amide bonds. The van der Waals surface area contributed by atoms with Gasteiger partial charge in [0.2, 0.25) is 0 Å². The van der Waals surface area contributed by atoms with Crippen molar-refractivity contribution in [2.24, 2.45) is 0 Å². The normalized spacial score (nSPS) is 13.8. The van der Waals surface area contributed by atoms with Crippen molar-refractivity contribution < 1.29 is 4.74 Å². The van der Waals surface area contributed by atoms with E-state index >= 15 is 0 Å². The maximum absolute atomic E-state index is 14.4. The number of fused-ring (bicyclic) bond motifs is 2. The molecule has 1 aliphatic rings. The van der Waals surface area contributed by atoms with Crippen LogP contribution in [0.2, 0.25) is 10.0 Å². The van der Waals surface area contributed by atoms with Crippen molar-refractivity contribution in [3.63, 3.8) is 0 Å². The summed E-state index contributed by atoms with van der Waals surface area (Å²) in [5, 5.41) is 10.9. The van der Waals surface area contributed by atoms with Gasteiger partial charge in [-0.1, -0.05) is 58.7 Å². The maximum atomic E-state index is 14.4. The van der Waals surface area contributed by atoms with E-state index in [0.717, 1.165) is 28.7 Å². The summed E-state index contributed by atoms with van der Waals surface area (Å²) in [5.41, 5.74) is 2.08. The Kier molecular flexibility index (Phi) is 6.30. The topological polar surface area (TPSA) is 111 Å². The second-order valence-electron chi connectivity index (χ2n) is 9.58. The number of ether oxygens (including phenoxy) is 1. The fourth-order valence-corrected chi connectivity index (χ4v) is 5.48. The molecule has 0 saturated carbocycles. The number of rotatable bonds is 4. The molecule has 0 spiro atoms. The van der Waals surface area contributed by atoms with E-state index in [1.54, 1.807) is 24.4 Å².